The van der Waals surface area contributed by atoms with Crippen LogP contribution >= 0.6 is 0 Å². The smallest absolute Gasteiger partial charge is 0.321 e. The molecule has 9 heteroatoms. The number of carbonyl (C=O) groups is 3. The number of primary amides is 1. The van der Waals surface area contributed by atoms with E-state index in [-0.39, 0.29) is 5.91 Å². The van der Waals surface area contributed by atoms with Crippen LogP contribution in [0.4, 0.5) is 4.79 Å². The number of oxime groups is 1. The minimum Gasteiger partial charge on any atom is -0.398 e. The van der Waals surface area contributed by atoms with E-state index in [1.165, 1.54) is 13.2 Å². The number of nitrogens with zero attached hydrogens (tertiary/aromatic N) is 2. The fraction of sp³-hybridized carbons (Fsp3) is 0.545. The van der Waals surface area contributed by atoms with Crippen molar-refractivity contribution in [3.63, 3.8) is 0 Å². The standard InChI is InChI=1S/C11H17N5O4/c1-20-16-8(7-12)10(18)15-11(19)14-6-4-2-3-5-9(13)17/h2-6H2,1H3,(H2,13,17)(H2,14,15,18,19)/b16-8-. The molecule has 0 unspecified atom stereocenters. The molecule has 4 amide bonds. The molecule has 110 valence electrons. The summed E-state index contributed by atoms with van der Waals surface area (Å²) < 4.78 is 0. The zero-order chi connectivity index (χ0) is 15.4. The summed E-state index contributed by atoms with van der Waals surface area (Å²) in [5.41, 5.74) is 4.42. The van der Waals surface area contributed by atoms with Gasteiger partial charge in [0.05, 0.1) is 0 Å². The number of carbonyl (C=O) groups excluding carboxylic acids is 3. The first-order valence-corrected chi connectivity index (χ1v) is 5.90. The summed E-state index contributed by atoms with van der Waals surface area (Å²) in [6, 6.07) is 0.759. The van der Waals surface area contributed by atoms with Gasteiger partial charge in [-0.3, -0.25) is 14.9 Å². The van der Waals surface area contributed by atoms with Crippen molar-refractivity contribution in [2.75, 3.05) is 13.7 Å². The molecular weight excluding hydrogens is 266 g/mol. The first-order valence-electron chi connectivity index (χ1n) is 5.90. The Hall–Kier alpha value is -2.63. The fourth-order valence-electron chi connectivity index (χ4n) is 1.21. The quantitative estimate of drug-likeness (QED) is 0.308. The van der Waals surface area contributed by atoms with Gasteiger partial charge in [-0.15, -0.1) is 0 Å². The van der Waals surface area contributed by atoms with Gasteiger partial charge in [0.25, 0.3) is 5.91 Å². The molecule has 0 aliphatic carbocycles. The van der Waals surface area contributed by atoms with Crippen LogP contribution in [0.15, 0.2) is 5.16 Å². The number of imide groups is 1. The van der Waals surface area contributed by atoms with E-state index in [1.807, 2.05) is 5.32 Å². The number of nitrogens with two attached hydrogens (primary N) is 1. The molecule has 0 aromatic heterocycles. The van der Waals surface area contributed by atoms with Gasteiger partial charge in [0.15, 0.2) is 0 Å². The van der Waals surface area contributed by atoms with Crippen molar-refractivity contribution in [2.24, 2.45) is 10.9 Å². The Morgan fingerprint density at radius 2 is 2.00 bits per heavy atom. The molecule has 0 aromatic carbocycles. The van der Waals surface area contributed by atoms with E-state index in [0.29, 0.717) is 25.8 Å². The molecule has 4 N–H and O–H groups in total. The van der Waals surface area contributed by atoms with Gasteiger partial charge < -0.3 is 15.9 Å². The van der Waals surface area contributed by atoms with Crippen molar-refractivity contribution < 1.29 is 19.2 Å². The summed E-state index contributed by atoms with van der Waals surface area (Å²) in [4.78, 5) is 37.4. The van der Waals surface area contributed by atoms with Crippen LogP contribution in [0.1, 0.15) is 25.7 Å². The molecule has 0 heterocycles. The lowest BCUT2D eigenvalue weighted by Gasteiger charge is -2.05. The highest BCUT2D eigenvalue weighted by molar-refractivity contribution is 6.46. The lowest BCUT2D eigenvalue weighted by atomic mass is 10.2. The predicted molar refractivity (Wildman–Crippen MR) is 69.3 cm³/mol. The van der Waals surface area contributed by atoms with Crippen LogP contribution in [0.2, 0.25) is 0 Å². The first kappa shape index (κ1) is 17.4. The number of amides is 4. The molecule has 0 spiro atoms. The number of urea groups is 1. The van der Waals surface area contributed by atoms with E-state index >= 15 is 0 Å². The molecule has 0 atom stereocenters. The zero-order valence-corrected chi connectivity index (χ0v) is 11.1. The van der Waals surface area contributed by atoms with Crippen LogP contribution in [0.25, 0.3) is 0 Å². The molecule has 0 aliphatic rings. The first-order chi connectivity index (χ1) is 9.51. The maximum atomic E-state index is 11.3. The highest BCUT2D eigenvalue weighted by atomic mass is 16.6. The second-order valence-electron chi connectivity index (χ2n) is 3.72. The fourth-order valence-corrected chi connectivity index (χ4v) is 1.21. The van der Waals surface area contributed by atoms with Gasteiger partial charge in [0.2, 0.25) is 11.6 Å². The van der Waals surface area contributed by atoms with Crippen molar-refractivity contribution in [1.29, 1.82) is 5.26 Å². The summed E-state index contributed by atoms with van der Waals surface area (Å²) in [5.74, 6) is -1.30. The van der Waals surface area contributed by atoms with Gasteiger partial charge in [0.1, 0.15) is 13.2 Å². The molecular formula is C11H17N5O4. The topological polar surface area (TPSA) is 147 Å². The highest BCUT2D eigenvalue weighted by Crippen LogP contribution is 1.97. The van der Waals surface area contributed by atoms with Crippen LogP contribution in [-0.2, 0) is 14.4 Å². The maximum Gasteiger partial charge on any atom is 0.321 e. The van der Waals surface area contributed by atoms with Crippen LogP contribution in [0.3, 0.4) is 0 Å². The summed E-state index contributed by atoms with van der Waals surface area (Å²) in [7, 11) is 1.18. The summed E-state index contributed by atoms with van der Waals surface area (Å²) in [6.07, 6.45) is 2.33. The molecule has 9 nitrogen and oxygen atoms in total. The SMILES string of the molecule is CO/N=C(/C#N)C(=O)NC(=O)NCCCCCC(N)=O. The molecule has 0 rings (SSSR count). The Morgan fingerprint density at radius 3 is 2.55 bits per heavy atom. The van der Waals surface area contributed by atoms with E-state index in [4.69, 9.17) is 11.0 Å². The number of nitrogens with one attached hydrogen (secondary N) is 2. The lowest BCUT2D eigenvalue weighted by molar-refractivity contribution is -0.118. The molecule has 0 saturated heterocycles. The number of unbranched alkanes of at least 4 members (excludes halogenated alkanes) is 2. The summed E-state index contributed by atoms with van der Waals surface area (Å²) in [5, 5.41) is 16.1. The van der Waals surface area contributed by atoms with Gasteiger partial charge in [0, 0.05) is 13.0 Å². The second kappa shape index (κ2) is 10.3. The molecule has 20 heavy (non-hydrogen) atoms. The van der Waals surface area contributed by atoms with E-state index in [1.54, 1.807) is 0 Å². The average molecular weight is 283 g/mol. The average Bonchev–Trinajstić information content (AvgIpc) is 2.39. The van der Waals surface area contributed by atoms with Crippen LogP contribution in [-0.4, -0.2) is 37.2 Å². The third-order valence-electron chi connectivity index (χ3n) is 2.12. The lowest BCUT2D eigenvalue weighted by Crippen LogP contribution is -2.42. The number of nitriles is 1. The Labute approximate surface area is 116 Å². The number of hydrogen-bond acceptors (Lipinski definition) is 6. The third-order valence-corrected chi connectivity index (χ3v) is 2.12. The van der Waals surface area contributed by atoms with E-state index in [2.05, 4.69) is 15.3 Å². The van der Waals surface area contributed by atoms with Crippen molar-refractivity contribution in [2.45, 2.75) is 25.7 Å². The van der Waals surface area contributed by atoms with Crippen molar-refractivity contribution >= 4 is 23.6 Å². The van der Waals surface area contributed by atoms with Crippen molar-refractivity contribution in [1.82, 2.24) is 10.6 Å². The molecule has 0 bridgehead atoms. The van der Waals surface area contributed by atoms with E-state index in [0.717, 1.165) is 6.42 Å². The Bertz CT molecular complexity index is 427. The highest BCUT2D eigenvalue weighted by Gasteiger charge is 2.14. The third kappa shape index (κ3) is 8.46. The van der Waals surface area contributed by atoms with Gasteiger partial charge in [-0.2, -0.15) is 5.26 Å². The van der Waals surface area contributed by atoms with Gasteiger partial charge >= 0.3 is 6.03 Å². The van der Waals surface area contributed by atoms with Gasteiger partial charge in [-0.05, 0) is 12.8 Å². The van der Waals surface area contributed by atoms with Crippen LogP contribution in [0, 0.1) is 11.3 Å². The van der Waals surface area contributed by atoms with Gasteiger partial charge in [-0.1, -0.05) is 11.6 Å². The Balaban J connectivity index is 3.84. The molecule has 0 saturated carbocycles. The number of hydrogen-bond donors (Lipinski definition) is 3. The maximum absolute atomic E-state index is 11.3. The minimum absolute atomic E-state index is 0.309. The molecule has 0 aromatic rings. The minimum atomic E-state index is -0.944. The molecule has 0 aliphatic heterocycles. The Morgan fingerprint density at radius 1 is 1.30 bits per heavy atom. The predicted octanol–water partition coefficient (Wildman–Crippen LogP) is -0.616. The normalized spacial score (nSPS) is 10.3. The van der Waals surface area contributed by atoms with Gasteiger partial charge in [-0.25, -0.2) is 4.79 Å². The van der Waals surface area contributed by atoms with E-state index < -0.39 is 17.6 Å². The summed E-state index contributed by atoms with van der Waals surface area (Å²) >= 11 is 0. The van der Waals surface area contributed by atoms with E-state index in [9.17, 15) is 14.4 Å². The van der Waals surface area contributed by atoms with Crippen LogP contribution < -0.4 is 16.4 Å². The zero-order valence-electron chi connectivity index (χ0n) is 11.1. The largest absolute Gasteiger partial charge is 0.398 e. The monoisotopic (exact) mass is 283 g/mol. The van der Waals surface area contributed by atoms with Crippen molar-refractivity contribution in [3.05, 3.63) is 0 Å². The molecule has 0 fully saturated rings. The second-order valence-corrected chi connectivity index (χ2v) is 3.72. The molecule has 0 radical (unpaired) electrons. The Kier molecular flexibility index (Phi) is 8.95. The van der Waals surface area contributed by atoms with Crippen LogP contribution in [0.5, 0.6) is 0 Å². The van der Waals surface area contributed by atoms with Crippen molar-refractivity contribution in [3.8, 4) is 6.07 Å². The number of rotatable bonds is 8. The summed E-state index contributed by atoms with van der Waals surface area (Å²) in [6.45, 7) is 0.335.